The smallest absolute Gasteiger partial charge is 0.319 e. The van der Waals surface area contributed by atoms with Crippen molar-refractivity contribution in [3.8, 4) is 22.6 Å². The van der Waals surface area contributed by atoms with Crippen LogP contribution in [0, 0.1) is 0 Å². The fourth-order valence-corrected chi connectivity index (χ4v) is 4.14. The van der Waals surface area contributed by atoms with Gasteiger partial charge in [-0.3, -0.25) is 9.59 Å². The second-order valence-corrected chi connectivity index (χ2v) is 8.07. The van der Waals surface area contributed by atoms with Gasteiger partial charge in [0.2, 0.25) is 0 Å². The van der Waals surface area contributed by atoms with Crippen LogP contribution in [0.2, 0.25) is 0 Å². The first-order valence-electron chi connectivity index (χ1n) is 10.8. The average molecular weight is 463 g/mol. The summed E-state index contributed by atoms with van der Waals surface area (Å²) in [4.78, 5) is 37.0. The van der Waals surface area contributed by atoms with E-state index in [2.05, 4.69) is 10.6 Å². The largest absolute Gasteiger partial charge is 0.505 e. The highest BCUT2D eigenvalue weighted by Crippen LogP contribution is 2.30. The number of fused-ring (bicyclic) bond motifs is 1. The summed E-state index contributed by atoms with van der Waals surface area (Å²) in [6.07, 6.45) is 1.06. The van der Waals surface area contributed by atoms with Crippen LogP contribution >= 0.6 is 0 Å². The average Bonchev–Trinajstić information content (AvgIpc) is 3.30. The second-order valence-electron chi connectivity index (χ2n) is 8.07. The molecular weight excluding hydrogens is 438 g/mol. The quantitative estimate of drug-likeness (QED) is 0.424. The maximum atomic E-state index is 12.8. The van der Waals surface area contributed by atoms with Crippen molar-refractivity contribution in [2.24, 2.45) is 0 Å². The van der Waals surface area contributed by atoms with Crippen molar-refractivity contribution in [1.82, 2.24) is 9.88 Å². The summed E-state index contributed by atoms with van der Waals surface area (Å²) in [6, 6.07) is 14.5. The molecule has 0 bridgehead atoms. The number of aryl methyl sites for hydroxylation is 1. The Morgan fingerprint density at radius 3 is 2.59 bits per heavy atom. The molecule has 1 aliphatic heterocycles. The zero-order valence-corrected chi connectivity index (χ0v) is 18.6. The van der Waals surface area contributed by atoms with Gasteiger partial charge in [0.25, 0.3) is 5.56 Å². The lowest BCUT2D eigenvalue weighted by molar-refractivity contribution is -0.137. The molecule has 0 spiro atoms. The number of pyridine rings is 1. The number of nitrogens with one attached hydrogen (secondary N) is 2. The molecule has 2 heterocycles. The van der Waals surface area contributed by atoms with Gasteiger partial charge in [0, 0.05) is 18.3 Å². The highest BCUT2D eigenvalue weighted by atomic mass is 16.5. The number of rotatable bonds is 7. The molecule has 4 rings (SSSR count). The van der Waals surface area contributed by atoms with Gasteiger partial charge < -0.3 is 30.2 Å². The van der Waals surface area contributed by atoms with Gasteiger partial charge in [0.15, 0.2) is 5.69 Å². The number of carboxylic acids is 1. The standard InChI is InChI=1S/C25H25N3O6/c1-34-19-11-16(15-6-3-2-4-7-15)10-17(12-19)20(14-22(30)31)26-25(33)27-23-21(29)13-18-8-5-9-28(18)24(23)32/h2-4,6-7,10-13,20,29H,5,8-9,14H2,1H3,(H,30,31)(H2,26,27,33). The molecule has 1 unspecified atom stereocenters. The maximum absolute atomic E-state index is 12.8. The molecule has 0 radical (unpaired) electrons. The number of carboxylic acid groups (broad SMARTS) is 1. The second kappa shape index (κ2) is 9.70. The van der Waals surface area contributed by atoms with Crippen LogP contribution in [-0.2, 0) is 17.8 Å². The Bertz CT molecular complexity index is 1290. The molecule has 34 heavy (non-hydrogen) atoms. The molecule has 4 N–H and O–H groups in total. The number of aliphatic carboxylic acids is 1. The molecule has 0 aliphatic carbocycles. The van der Waals surface area contributed by atoms with E-state index in [0.29, 0.717) is 30.0 Å². The van der Waals surface area contributed by atoms with E-state index in [0.717, 1.165) is 17.5 Å². The summed E-state index contributed by atoms with van der Waals surface area (Å²) in [5, 5.41) is 24.7. The lowest BCUT2D eigenvalue weighted by Crippen LogP contribution is -2.36. The van der Waals surface area contributed by atoms with Gasteiger partial charge in [-0.1, -0.05) is 30.3 Å². The Balaban J connectivity index is 1.63. The minimum absolute atomic E-state index is 0.243. The van der Waals surface area contributed by atoms with Crippen LogP contribution < -0.4 is 20.9 Å². The van der Waals surface area contributed by atoms with E-state index in [1.807, 2.05) is 36.4 Å². The van der Waals surface area contributed by atoms with E-state index in [-0.39, 0.29) is 11.4 Å². The molecule has 3 aromatic rings. The van der Waals surface area contributed by atoms with Crippen LogP contribution in [0.1, 0.15) is 30.1 Å². The van der Waals surface area contributed by atoms with Crippen molar-refractivity contribution in [3.05, 3.63) is 76.2 Å². The van der Waals surface area contributed by atoms with Crippen molar-refractivity contribution in [1.29, 1.82) is 0 Å². The Labute approximate surface area is 195 Å². The third kappa shape index (κ3) is 4.88. The highest BCUT2D eigenvalue weighted by Gasteiger charge is 2.23. The third-order valence-corrected chi connectivity index (χ3v) is 5.78. The molecule has 9 heteroatoms. The fourth-order valence-electron chi connectivity index (χ4n) is 4.14. The van der Waals surface area contributed by atoms with E-state index in [9.17, 15) is 24.6 Å². The van der Waals surface area contributed by atoms with Crippen LogP contribution in [-0.4, -0.2) is 33.9 Å². The number of amides is 2. The summed E-state index contributed by atoms with van der Waals surface area (Å²) in [5.74, 6) is -0.936. The van der Waals surface area contributed by atoms with E-state index >= 15 is 0 Å². The Hall–Kier alpha value is -4.27. The molecule has 0 saturated heterocycles. The fraction of sp³-hybridized carbons (Fsp3) is 0.240. The summed E-state index contributed by atoms with van der Waals surface area (Å²) in [6.45, 7) is 0.512. The Kier molecular flexibility index (Phi) is 6.53. The predicted octanol–water partition coefficient (Wildman–Crippen LogP) is 3.51. The SMILES string of the molecule is COc1cc(-c2ccccc2)cc(C(CC(=O)O)NC(=O)Nc2c(O)cc3n(c2=O)CCC3)c1. The molecule has 2 aromatic carbocycles. The monoisotopic (exact) mass is 463 g/mol. The lowest BCUT2D eigenvalue weighted by atomic mass is 9.97. The van der Waals surface area contributed by atoms with Gasteiger partial charge in [0.1, 0.15) is 11.5 Å². The molecule has 1 atom stereocenters. The predicted molar refractivity (Wildman–Crippen MR) is 126 cm³/mol. The zero-order chi connectivity index (χ0) is 24.2. The number of hydrogen-bond acceptors (Lipinski definition) is 5. The summed E-state index contributed by atoms with van der Waals surface area (Å²) in [7, 11) is 1.50. The normalized spacial score (nSPS) is 13.1. The number of aromatic hydroxyl groups is 1. The molecule has 1 aromatic heterocycles. The van der Waals surface area contributed by atoms with Crippen molar-refractivity contribution in [2.75, 3.05) is 12.4 Å². The van der Waals surface area contributed by atoms with Gasteiger partial charge in [-0.2, -0.15) is 0 Å². The van der Waals surface area contributed by atoms with Crippen LogP contribution in [0.5, 0.6) is 11.5 Å². The van der Waals surface area contributed by atoms with Crippen LogP contribution in [0.25, 0.3) is 11.1 Å². The third-order valence-electron chi connectivity index (χ3n) is 5.78. The summed E-state index contributed by atoms with van der Waals surface area (Å²) < 4.78 is 6.91. The van der Waals surface area contributed by atoms with Crippen LogP contribution in [0.4, 0.5) is 10.5 Å². The van der Waals surface area contributed by atoms with Crippen molar-refractivity contribution in [2.45, 2.75) is 31.8 Å². The Morgan fingerprint density at radius 1 is 1.12 bits per heavy atom. The van der Waals surface area contributed by atoms with E-state index in [4.69, 9.17) is 4.74 Å². The number of aromatic nitrogens is 1. The lowest BCUT2D eigenvalue weighted by Gasteiger charge is -2.20. The topological polar surface area (TPSA) is 130 Å². The summed E-state index contributed by atoms with van der Waals surface area (Å²) >= 11 is 0. The van der Waals surface area contributed by atoms with Crippen LogP contribution in [0.3, 0.4) is 0 Å². The minimum atomic E-state index is -1.12. The zero-order valence-electron chi connectivity index (χ0n) is 18.6. The van der Waals surface area contributed by atoms with Gasteiger partial charge in [-0.25, -0.2) is 4.79 Å². The van der Waals surface area contributed by atoms with Crippen molar-refractivity contribution < 1.29 is 24.5 Å². The highest BCUT2D eigenvalue weighted by molar-refractivity contribution is 5.91. The first kappa shape index (κ1) is 22.9. The van der Waals surface area contributed by atoms with E-state index < -0.39 is 30.0 Å². The number of ether oxygens (including phenoxy) is 1. The molecular formula is C25H25N3O6. The number of methoxy groups -OCH3 is 1. The summed E-state index contributed by atoms with van der Waals surface area (Å²) in [5.41, 5.74) is 2.19. The van der Waals surface area contributed by atoms with Crippen molar-refractivity contribution >= 4 is 17.7 Å². The van der Waals surface area contributed by atoms with E-state index in [1.54, 1.807) is 12.1 Å². The van der Waals surface area contributed by atoms with Gasteiger partial charge >= 0.3 is 12.0 Å². The molecule has 176 valence electrons. The molecule has 2 amide bonds. The molecule has 9 nitrogen and oxygen atoms in total. The molecule has 0 saturated carbocycles. The van der Waals surface area contributed by atoms with Gasteiger partial charge in [0.05, 0.1) is 19.6 Å². The Morgan fingerprint density at radius 2 is 1.88 bits per heavy atom. The molecule has 1 aliphatic rings. The minimum Gasteiger partial charge on any atom is -0.505 e. The number of benzene rings is 2. The van der Waals surface area contributed by atoms with Gasteiger partial charge in [-0.15, -0.1) is 0 Å². The number of urea groups is 1. The first-order chi connectivity index (χ1) is 16.4. The first-order valence-corrected chi connectivity index (χ1v) is 10.8. The molecule has 0 fully saturated rings. The van der Waals surface area contributed by atoms with Crippen LogP contribution in [0.15, 0.2) is 59.4 Å². The number of carbonyl (C=O) groups is 2. The number of anilines is 1. The maximum Gasteiger partial charge on any atom is 0.319 e. The number of nitrogens with zero attached hydrogens (tertiary/aromatic N) is 1. The van der Waals surface area contributed by atoms with Gasteiger partial charge in [-0.05, 0) is 47.7 Å². The van der Waals surface area contributed by atoms with E-state index in [1.165, 1.54) is 17.7 Å². The number of carbonyl (C=O) groups excluding carboxylic acids is 1. The number of hydrogen-bond donors (Lipinski definition) is 4. The van der Waals surface area contributed by atoms with Crippen molar-refractivity contribution in [3.63, 3.8) is 0 Å².